The number of carbonyl (C=O) groups excluding carboxylic acids is 2. The minimum atomic E-state index is -0.0819. The fourth-order valence-corrected chi connectivity index (χ4v) is 6.75. The molecule has 11 heteroatoms. The number of rotatable bonds is 20. The molecule has 3 atom stereocenters. The highest BCUT2D eigenvalue weighted by atomic mass is 16.5. The number of hydrogen-bond acceptors (Lipinski definition) is 8. The minimum absolute atomic E-state index is 0.0614. The van der Waals surface area contributed by atoms with E-state index in [1.807, 2.05) is 6.92 Å². The summed E-state index contributed by atoms with van der Waals surface area (Å²) in [6, 6.07) is 0.286. The molecule has 250 valence electrons. The number of amides is 3. The van der Waals surface area contributed by atoms with Crippen LogP contribution >= 0.6 is 0 Å². The molecule has 3 fully saturated rings. The van der Waals surface area contributed by atoms with Gasteiger partial charge in [-0.05, 0) is 44.4 Å². The van der Waals surface area contributed by atoms with Crippen molar-refractivity contribution in [1.29, 1.82) is 0 Å². The highest BCUT2D eigenvalue weighted by Crippen LogP contribution is 2.37. The summed E-state index contributed by atoms with van der Waals surface area (Å²) in [6.45, 7) is 12.4. The fraction of sp³-hybridized carbons (Fsp3) is 0.938. The monoisotopic (exact) mass is 610 g/mol. The summed E-state index contributed by atoms with van der Waals surface area (Å²) in [7, 11) is 0. The van der Waals surface area contributed by atoms with Crippen LogP contribution in [-0.4, -0.2) is 93.8 Å². The molecule has 43 heavy (non-hydrogen) atoms. The Kier molecular flexibility index (Phi) is 17.2. The van der Waals surface area contributed by atoms with Gasteiger partial charge in [-0.3, -0.25) is 4.79 Å². The molecular formula is C32H62N6O5. The van der Waals surface area contributed by atoms with E-state index in [4.69, 9.17) is 14.2 Å². The first-order valence-corrected chi connectivity index (χ1v) is 17.3. The zero-order valence-corrected chi connectivity index (χ0v) is 27.4. The molecule has 3 amide bonds. The Morgan fingerprint density at radius 3 is 2.21 bits per heavy atom. The van der Waals surface area contributed by atoms with Crippen LogP contribution in [0.3, 0.4) is 0 Å². The van der Waals surface area contributed by atoms with Crippen LogP contribution in [-0.2, 0) is 19.0 Å². The van der Waals surface area contributed by atoms with E-state index in [1.54, 1.807) is 0 Å². The number of ether oxygens (including phenoxy) is 3. The van der Waals surface area contributed by atoms with Crippen molar-refractivity contribution >= 4 is 11.9 Å². The van der Waals surface area contributed by atoms with Crippen molar-refractivity contribution in [1.82, 2.24) is 31.9 Å². The van der Waals surface area contributed by atoms with E-state index in [2.05, 4.69) is 45.8 Å². The van der Waals surface area contributed by atoms with E-state index in [-0.39, 0.29) is 29.6 Å². The molecule has 2 aliphatic heterocycles. The quantitative estimate of drug-likeness (QED) is 0.132. The molecule has 3 rings (SSSR count). The average Bonchev–Trinajstić information content (AvgIpc) is 3.59. The van der Waals surface area contributed by atoms with Gasteiger partial charge in [0.2, 0.25) is 5.91 Å². The Morgan fingerprint density at radius 1 is 0.907 bits per heavy atom. The maximum absolute atomic E-state index is 12.0. The number of carbonyl (C=O) groups is 2. The summed E-state index contributed by atoms with van der Waals surface area (Å²) in [5.41, 5.74) is 7.32. The molecular weight excluding hydrogens is 548 g/mol. The number of urea groups is 1. The lowest BCUT2D eigenvalue weighted by Gasteiger charge is -2.40. The Labute approximate surface area is 260 Å². The maximum Gasteiger partial charge on any atom is 0.315 e. The van der Waals surface area contributed by atoms with Gasteiger partial charge in [-0.15, -0.1) is 0 Å². The second-order valence-corrected chi connectivity index (χ2v) is 13.0. The molecule has 0 aromatic heterocycles. The van der Waals surface area contributed by atoms with Crippen molar-refractivity contribution in [3.63, 3.8) is 0 Å². The van der Waals surface area contributed by atoms with Crippen LogP contribution < -0.4 is 26.9 Å². The van der Waals surface area contributed by atoms with Gasteiger partial charge in [-0.1, -0.05) is 65.2 Å². The largest absolute Gasteiger partial charge is 0.378 e. The van der Waals surface area contributed by atoms with Crippen LogP contribution in [0.5, 0.6) is 0 Å². The second-order valence-electron chi connectivity index (χ2n) is 13.0. The molecule has 2 heterocycles. The van der Waals surface area contributed by atoms with Crippen molar-refractivity contribution < 1.29 is 23.8 Å². The predicted octanol–water partition coefficient (Wildman–Crippen LogP) is 3.64. The fourth-order valence-electron chi connectivity index (χ4n) is 6.75. The summed E-state index contributed by atoms with van der Waals surface area (Å²) < 4.78 is 17.0. The summed E-state index contributed by atoms with van der Waals surface area (Å²) in [4.78, 5) is 23.3. The van der Waals surface area contributed by atoms with Crippen molar-refractivity contribution in [3.05, 3.63) is 0 Å². The highest BCUT2D eigenvalue weighted by molar-refractivity contribution is 5.77. The van der Waals surface area contributed by atoms with Crippen LogP contribution in [0.15, 0.2) is 0 Å². The van der Waals surface area contributed by atoms with Gasteiger partial charge >= 0.3 is 6.03 Å². The van der Waals surface area contributed by atoms with Crippen molar-refractivity contribution in [2.75, 3.05) is 59.3 Å². The third-order valence-electron chi connectivity index (χ3n) is 9.53. The molecule has 1 unspecified atom stereocenters. The predicted molar refractivity (Wildman–Crippen MR) is 169 cm³/mol. The third-order valence-corrected chi connectivity index (χ3v) is 9.53. The molecule has 11 nitrogen and oxygen atoms in total. The van der Waals surface area contributed by atoms with Gasteiger partial charge in [0.15, 0.2) is 0 Å². The van der Waals surface area contributed by atoms with Crippen LogP contribution in [0.4, 0.5) is 4.79 Å². The molecule has 0 bridgehead atoms. The number of hydrogen-bond donors (Lipinski definition) is 5. The zero-order chi connectivity index (χ0) is 30.8. The summed E-state index contributed by atoms with van der Waals surface area (Å²) >= 11 is 0. The van der Waals surface area contributed by atoms with Crippen LogP contribution in [0.2, 0.25) is 0 Å². The smallest absolute Gasteiger partial charge is 0.315 e. The molecule has 0 aromatic rings. The van der Waals surface area contributed by atoms with Crippen molar-refractivity contribution in [3.8, 4) is 0 Å². The molecule has 0 spiro atoms. The number of hydrazine groups is 2. The number of nitrogens with zero attached hydrogens (tertiary/aromatic N) is 1. The number of nitrogens with one attached hydrogen (secondary N) is 5. The molecule has 1 saturated carbocycles. The van der Waals surface area contributed by atoms with Gasteiger partial charge in [-0.2, -0.15) is 5.53 Å². The first kappa shape index (κ1) is 36.0. The zero-order valence-electron chi connectivity index (χ0n) is 27.4. The average molecular weight is 611 g/mol. The maximum atomic E-state index is 12.0. The van der Waals surface area contributed by atoms with E-state index in [1.165, 1.54) is 51.4 Å². The normalized spacial score (nSPS) is 25.7. The van der Waals surface area contributed by atoms with Crippen LogP contribution in [0.25, 0.3) is 0 Å². The Balaban J connectivity index is 1.10. The molecule has 2 saturated heterocycles. The molecule has 0 radical (unpaired) electrons. The third kappa shape index (κ3) is 13.2. The lowest BCUT2D eigenvalue weighted by atomic mass is 9.71. The Hall–Kier alpha value is -1.50. The summed E-state index contributed by atoms with van der Waals surface area (Å²) in [5.74, 6) is 1.35. The minimum Gasteiger partial charge on any atom is -0.378 e. The van der Waals surface area contributed by atoms with Crippen LogP contribution in [0, 0.1) is 11.8 Å². The van der Waals surface area contributed by atoms with E-state index in [0.717, 1.165) is 38.8 Å². The van der Waals surface area contributed by atoms with Crippen molar-refractivity contribution in [2.24, 2.45) is 11.8 Å². The lowest BCUT2D eigenvalue weighted by molar-refractivity contribution is -0.121. The summed E-state index contributed by atoms with van der Waals surface area (Å²) in [6.07, 6.45) is 15.2. The van der Waals surface area contributed by atoms with Gasteiger partial charge in [0.05, 0.1) is 51.2 Å². The van der Waals surface area contributed by atoms with Gasteiger partial charge in [0, 0.05) is 32.1 Å². The van der Waals surface area contributed by atoms with Gasteiger partial charge in [0.1, 0.15) is 0 Å². The topological polar surface area (TPSA) is 125 Å². The Bertz CT molecular complexity index is 779. The first-order valence-electron chi connectivity index (χ1n) is 17.3. The Morgan fingerprint density at radius 2 is 1.56 bits per heavy atom. The molecule has 3 aliphatic rings. The van der Waals surface area contributed by atoms with Crippen molar-refractivity contribution in [2.45, 2.75) is 122 Å². The molecule has 5 N–H and O–H groups in total. The standard InChI is InChI=1S/C32H62N6O5/c1-26(2)32(28-13-9-6-4-5-7-10-14-28)25-38(37-36-32)18-20-42-22-24-43-23-21-41-19-17-33-30(39)16-12-8-11-15-29-27(3)34-31(40)35-29/h26-29,36-37H,4-25H2,1-3H3,(H,33,39)(H2,34,35,40)/t27-,29+,32?/m0/s1. The van der Waals surface area contributed by atoms with E-state index < -0.39 is 0 Å². The van der Waals surface area contributed by atoms with E-state index >= 15 is 0 Å². The summed E-state index contributed by atoms with van der Waals surface area (Å²) in [5, 5.41) is 11.0. The van der Waals surface area contributed by atoms with Gasteiger partial charge in [0.25, 0.3) is 0 Å². The molecule has 1 aliphatic carbocycles. The number of unbranched alkanes of at least 4 members (excludes halogenated alkanes) is 2. The van der Waals surface area contributed by atoms with E-state index in [0.29, 0.717) is 64.4 Å². The van der Waals surface area contributed by atoms with Gasteiger partial charge < -0.3 is 30.2 Å². The lowest BCUT2D eigenvalue weighted by Crippen LogP contribution is -2.55. The first-order chi connectivity index (χ1) is 20.9. The van der Waals surface area contributed by atoms with Gasteiger partial charge in [-0.25, -0.2) is 15.2 Å². The highest BCUT2D eigenvalue weighted by Gasteiger charge is 2.46. The van der Waals surface area contributed by atoms with Crippen LogP contribution in [0.1, 0.15) is 104 Å². The van der Waals surface area contributed by atoms with E-state index in [9.17, 15) is 9.59 Å². The second kappa shape index (κ2) is 20.5. The molecule has 0 aromatic carbocycles. The SMILES string of the molecule is CC(C)C1(C2CCCCCCCC2)CN(CCOCCOCCOCCNC(=O)CCCCC[C@H]2NC(=O)N[C@H]2C)NN1.